The molecular weight excluding hydrogens is 541 g/mol. The Kier molecular flexibility index (Phi) is 8.58. The summed E-state index contributed by atoms with van der Waals surface area (Å²) in [6, 6.07) is 18.8. The maximum atomic E-state index is 15.4. The van der Waals surface area contributed by atoms with Crippen molar-refractivity contribution in [2.24, 2.45) is 0 Å². The van der Waals surface area contributed by atoms with Crippen LogP contribution in [0, 0.1) is 10.7 Å². The minimum atomic E-state index is -0.445. The molecule has 3 heterocycles. The van der Waals surface area contributed by atoms with Crippen molar-refractivity contribution in [3.8, 4) is 17.1 Å². The van der Waals surface area contributed by atoms with Crippen molar-refractivity contribution in [2.45, 2.75) is 19.6 Å². The highest BCUT2D eigenvalue weighted by Crippen LogP contribution is 2.26. The number of carbonyl (C=O) groups is 1. The molecule has 0 aliphatic rings. The zero-order valence-electron chi connectivity index (χ0n) is 23.4. The number of ether oxygens (including phenoxy) is 3. The lowest BCUT2D eigenvalue weighted by Crippen LogP contribution is -2.10. The van der Waals surface area contributed by atoms with Gasteiger partial charge in [-0.15, -0.1) is 0 Å². The Morgan fingerprint density at radius 1 is 1.00 bits per heavy atom. The van der Waals surface area contributed by atoms with Crippen LogP contribution in [-0.2, 0) is 29.0 Å². The van der Waals surface area contributed by atoms with Gasteiger partial charge >= 0.3 is 11.8 Å². The van der Waals surface area contributed by atoms with E-state index in [9.17, 15) is 9.70 Å². The van der Waals surface area contributed by atoms with Crippen molar-refractivity contribution in [1.82, 2.24) is 19.5 Å². The fourth-order valence-electron chi connectivity index (χ4n) is 4.64. The van der Waals surface area contributed by atoms with Crippen LogP contribution in [0.1, 0.15) is 27.3 Å². The zero-order valence-corrected chi connectivity index (χ0v) is 23.4. The highest BCUT2D eigenvalue weighted by atomic mass is 19.1. The average molecular weight is 571 g/mol. The van der Waals surface area contributed by atoms with Crippen LogP contribution in [0.15, 0.2) is 72.9 Å². The van der Waals surface area contributed by atoms with E-state index in [0.29, 0.717) is 63.1 Å². The quantitative estimate of drug-likeness (QED) is 0.156. The summed E-state index contributed by atoms with van der Waals surface area (Å²) in [5.74, 6) is 0.395. The van der Waals surface area contributed by atoms with Crippen LogP contribution < -0.4 is 4.74 Å². The topological polar surface area (TPSA) is 108 Å². The Hall–Kier alpha value is -5.03. The van der Waals surface area contributed by atoms with E-state index in [1.165, 1.54) is 20.2 Å². The smallest absolute Gasteiger partial charge is 0.367 e. The van der Waals surface area contributed by atoms with Gasteiger partial charge in [0.1, 0.15) is 31.5 Å². The predicted molar refractivity (Wildman–Crippen MR) is 153 cm³/mol. The number of benzene rings is 2. The van der Waals surface area contributed by atoms with Crippen molar-refractivity contribution in [3.63, 3.8) is 0 Å². The first-order valence-electron chi connectivity index (χ1n) is 13.2. The number of hydrogen-bond acceptors (Lipinski definition) is 8. The normalized spacial score (nSPS) is 11.0. The van der Waals surface area contributed by atoms with Gasteiger partial charge in [0.15, 0.2) is 0 Å². The number of aromatic nitrogens is 4. The van der Waals surface area contributed by atoms with E-state index >= 15 is 4.39 Å². The summed E-state index contributed by atoms with van der Waals surface area (Å²) in [6.45, 7) is 1.00. The van der Waals surface area contributed by atoms with Gasteiger partial charge in [0.2, 0.25) is 5.88 Å². The predicted octanol–water partition coefficient (Wildman–Crippen LogP) is 5.28. The number of carbonyl (C=O) groups excluding carboxylic acids is 1. The molecule has 0 radical (unpaired) electrons. The summed E-state index contributed by atoms with van der Waals surface area (Å²) in [5.41, 5.74) is 4.03. The largest absolute Gasteiger partial charge is 0.472 e. The molecule has 214 valence electrons. The highest BCUT2D eigenvalue weighted by molar-refractivity contribution is 5.93. The van der Waals surface area contributed by atoms with E-state index in [-0.39, 0.29) is 18.8 Å². The third kappa shape index (κ3) is 6.16. The Morgan fingerprint density at radius 2 is 1.86 bits per heavy atom. The summed E-state index contributed by atoms with van der Waals surface area (Å²) in [7, 11) is 4.31. The average Bonchev–Trinajstić information content (AvgIpc) is 3.35. The monoisotopic (exact) mass is 570 g/mol. The second kappa shape index (κ2) is 12.6. The van der Waals surface area contributed by atoms with Gasteiger partial charge in [-0.05, 0) is 57.8 Å². The lowest BCUT2D eigenvalue weighted by molar-refractivity contribution is -0.433. The molecule has 5 aromatic rings. The van der Waals surface area contributed by atoms with Crippen LogP contribution >= 0.6 is 0 Å². The summed E-state index contributed by atoms with van der Waals surface area (Å²) < 4.78 is 34.0. The first kappa shape index (κ1) is 28.5. The van der Waals surface area contributed by atoms with Crippen molar-refractivity contribution < 1.29 is 28.2 Å². The molecule has 0 amide bonds. The molecule has 0 aliphatic carbocycles. The third-order valence-corrected chi connectivity index (χ3v) is 6.73. The number of nitrogens with zero attached hydrogens (tertiary/aromatic N) is 5. The van der Waals surface area contributed by atoms with Crippen LogP contribution in [0.2, 0.25) is 0 Å². The number of fused-ring (bicyclic) bond motifs is 1. The zero-order chi connectivity index (χ0) is 29.6. The standard InChI is InChI=1S/C31H29FN5O5/c1-36(39)30-23(6-5-13-33-30)19-42-29-8-4-7-25(35-29)21-10-9-20(24(32)16-21)18-28-34-26-12-11-22(31(38)41-3)17-27(26)37(28)14-15-40-2/h4-13,16-17H,14-15,18-19H2,1-3H3/q+1. The first-order valence-corrected chi connectivity index (χ1v) is 13.2. The van der Waals surface area contributed by atoms with E-state index in [2.05, 4.69) is 9.97 Å². The lowest BCUT2D eigenvalue weighted by atomic mass is 10.1. The Labute approximate surface area is 241 Å². The first-order chi connectivity index (χ1) is 20.4. The van der Waals surface area contributed by atoms with Crippen LogP contribution in [0.3, 0.4) is 0 Å². The fourth-order valence-corrected chi connectivity index (χ4v) is 4.64. The number of rotatable bonds is 11. The minimum absolute atomic E-state index is 0.102. The maximum absolute atomic E-state index is 15.4. The molecule has 0 unspecified atom stereocenters. The second-order valence-electron chi connectivity index (χ2n) is 9.48. The highest BCUT2D eigenvalue weighted by Gasteiger charge is 2.18. The van der Waals surface area contributed by atoms with Gasteiger partial charge in [0, 0.05) is 31.7 Å². The molecule has 3 aromatic heterocycles. The van der Waals surface area contributed by atoms with Gasteiger partial charge in [-0.25, -0.2) is 19.2 Å². The molecule has 11 heteroatoms. The molecule has 0 aliphatic heterocycles. The molecule has 0 fully saturated rings. The van der Waals surface area contributed by atoms with Crippen LogP contribution in [0.5, 0.6) is 5.88 Å². The second-order valence-corrected chi connectivity index (χ2v) is 9.48. The number of methoxy groups -OCH3 is 2. The number of pyridine rings is 2. The fraction of sp³-hybridized carbons (Fsp3) is 0.226. The van der Waals surface area contributed by atoms with Crippen LogP contribution in [0.25, 0.3) is 22.3 Å². The number of hydrogen-bond donors (Lipinski definition) is 0. The van der Waals surface area contributed by atoms with E-state index in [0.717, 1.165) is 5.52 Å². The summed E-state index contributed by atoms with van der Waals surface area (Å²) >= 11 is 0. The minimum Gasteiger partial charge on any atom is -0.472 e. The van der Waals surface area contributed by atoms with Gasteiger partial charge in [-0.1, -0.05) is 23.1 Å². The summed E-state index contributed by atoms with van der Waals surface area (Å²) in [6.07, 6.45) is 1.77. The van der Waals surface area contributed by atoms with E-state index in [4.69, 9.17) is 19.2 Å². The Morgan fingerprint density at radius 3 is 2.62 bits per heavy atom. The molecule has 42 heavy (non-hydrogen) atoms. The Balaban J connectivity index is 1.38. The van der Waals surface area contributed by atoms with E-state index in [1.54, 1.807) is 74.0 Å². The van der Waals surface area contributed by atoms with Gasteiger partial charge in [-0.2, -0.15) is 0 Å². The lowest BCUT2D eigenvalue weighted by Gasteiger charge is -2.11. The van der Waals surface area contributed by atoms with Crippen LogP contribution in [-0.4, -0.2) is 58.1 Å². The number of esters is 1. The molecule has 2 aromatic carbocycles. The SMILES string of the molecule is COCCn1c(Cc2ccc(-c3cccc(OCc4cccnc4[N+](C)=O)n3)cc2F)nc2ccc(C(=O)OC)cc21. The molecule has 0 bridgehead atoms. The summed E-state index contributed by atoms with van der Waals surface area (Å²) in [4.78, 5) is 37.2. The number of nitroso groups, excluding NO2 is 1. The van der Waals surface area contributed by atoms with Gasteiger partial charge in [0.25, 0.3) is 0 Å². The molecule has 5 rings (SSSR count). The van der Waals surface area contributed by atoms with Gasteiger partial charge in [0.05, 0.1) is 41.6 Å². The molecule has 0 atom stereocenters. The number of imidazole rings is 1. The van der Waals surface area contributed by atoms with Crippen LogP contribution in [0.4, 0.5) is 10.2 Å². The van der Waals surface area contributed by atoms with E-state index in [1.807, 2.05) is 4.57 Å². The summed E-state index contributed by atoms with van der Waals surface area (Å²) in [5, 5.41) is 0. The van der Waals surface area contributed by atoms with Gasteiger partial charge < -0.3 is 18.8 Å². The van der Waals surface area contributed by atoms with Crippen molar-refractivity contribution in [2.75, 3.05) is 27.9 Å². The van der Waals surface area contributed by atoms with Crippen molar-refractivity contribution >= 4 is 22.8 Å². The van der Waals surface area contributed by atoms with Crippen molar-refractivity contribution in [1.29, 1.82) is 0 Å². The molecule has 0 saturated carbocycles. The van der Waals surface area contributed by atoms with Gasteiger partial charge in [-0.3, -0.25) is 0 Å². The number of halogens is 1. The molecule has 0 saturated heterocycles. The molecule has 0 N–H and O–H groups in total. The molecule has 10 nitrogen and oxygen atoms in total. The molecule has 0 spiro atoms. The molecular formula is C31H29FN5O5+. The maximum Gasteiger partial charge on any atom is 0.367 e. The third-order valence-electron chi connectivity index (χ3n) is 6.73. The Bertz CT molecular complexity index is 1770. The van der Waals surface area contributed by atoms with Crippen molar-refractivity contribution in [3.05, 3.63) is 106 Å². The van der Waals surface area contributed by atoms with E-state index < -0.39 is 11.8 Å².